The highest BCUT2D eigenvalue weighted by molar-refractivity contribution is 6.06. The number of rotatable bonds is 5. The molecule has 90 heavy (non-hydrogen) atoms. The molecular weight excluding hydrogens is 1090 g/mol. The van der Waals surface area contributed by atoms with Crippen molar-refractivity contribution in [2.24, 2.45) is 21.1 Å². The van der Waals surface area contributed by atoms with E-state index in [0.29, 0.717) is 17.5 Å². The van der Waals surface area contributed by atoms with Crippen LogP contribution in [-0.4, -0.2) is 0 Å². The number of aromatic nitrogens is 3. The van der Waals surface area contributed by atoms with Gasteiger partial charge in [-0.05, 0) is 187 Å². The first-order chi connectivity index (χ1) is 46.3. The summed E-state index contributed by atoms with van der Waals surface area (Å²) in [6.45, 7) is 4.02. The third kappa shape index (κ3) is 9.72. The van der Waals surface area contributed by atoms with Gasteiger partial charge in [0.05, 0.1) is 0 Å². The van der Waals surface area contributed by atoms with Gasteiger partial charge in [0.25, 0.3) is 0 Å². The predicted molar refractivity (Wildman–Crippen MR) is 376 cm³/mol. The zero-order valence-electron chi connectivity index (χ0n) is 58.1. The van der Waals surface area contributed by atoms with Gasteiger partial charge in [-0.2, -0.15) is 0 Å². The smallest absolute Gasteiger partial charge is 0.201 e. The van der Waals surface area contributed by atoms with Gasteiger partial charge >= 0.3 is 0 Å². The maximum Gasteiger partial charge on any atom is 0.216 e. The van der Waals surface area contributed by atoms with Gasteiger partial charge in [0.15, 0.2) is 18.6 Å². The lowest BCUT2D eigenvalue weighted by Crippen LogP contribution is -2.33. The van der Waals surface area contributed by atoms with Crippen LogP contribution in [-0.2, 0) is 40.4 Å². The fraction of sp³-hybridized carbons (Fsp3) is 0.138. The number of nitrogens with zero attached hydrogens (tertiary/aromatic N) is 3. The molecule has 11 aromatic carbocycles. The lowest BCUT2D eigenvalue weighted by atomic mass is 9.93. The van der Waals surface area contributed by atoms with Crippen LogP contribution in [0.1, 0.15) is 75.0 Å². The van der Waals surface area contributed by atoms with Crippen molar-refractivity contribution in [3.05, 3.63) is 316 Å². The number of hydrogen-bond donors (Lipinski definition) is 0. The fourth-order valence-electron chi connectivity index (χ4n) is 14.9. The molecule has 0 amide bonds. The van der Waals surface area contributed by atoms with Crippen LogP contribution in [0.5, 0.6) is 0 Å². The molecule has 0 fully saturated rings. The van der Waals surface area contributed by atoms with E-state index in [1.54, 1.807) is 18.3 Å². The maximum absolute atomic E-state index is 8.26. The summed E-state index contributed by atoms with van der Waals surface area (Å²) >= 11 is 0. The van der Waals surface area contributed by atoms with Crippen LogP contribution in [0.2, 0.25) is 0 Å². The molecule has 17 rings (SSSR count). The summed E-state index contributed by atoms with van der Waals surface area (Å²) in [5.74, 6) is 0. The number of pyridine rings is 3. The summed E-state index contributed by atoms with van der Waals surface area (Å²) in [6, 6.07) is 82.0. The minimum Gasteiger partial charge on any atom is -0.201 e. The SMILES string of the molecule is Cc1ccc(-c2ccc3c4c(ccc3c2)Cc2c-4cc[n+](C)c2-c2ccccc2C)cc1.Cc1ccccc1-c1c2c(cc[n+]1C)-c1c(ccc3cc(-c4ccccc4)ccc13)C2.[2H]C([2H])([2H])c1ccc(-c2c3c(c(C([2H])([2H])[2H])c[n+]2C)-c2c(ccc4ccccc24)C3)c(C)c1. The van der Waals surface area contributed by atoms with Crippen molar-refractivity contribution in [1.29, 1.82) is 0 Å². The molecule has 0 unspecified atom stereocenters. The minimum atomic E-state index is -2.26. The van der Waals surface area contributed by atoms with E-state index in [-0.39, 0.29) is 0 Å². The van der Waals surface area contributed by atoms with Crippen molar-refractivity contribution in [1.82, 2.24) is 0 Å². The van der Waals surface area contributed by atoms with Crippen LogP contribution in [0.3, 0.4) is 0 Å². The molecular formula is C87H74N3+3. The van der Waals surface area contributed by atoms with Crippen molar-refractivity contribution in [3.63, 3.8) is 0 Å². The maximum atomic E-state index is 8.26. The van der Waals surface area contributed by atoms with E-state index >= 15 is 0 Å². The Labute approximate surface area is 538 Å². The highest BCUT2D eigenvalue weighted by Crippen LogP contribution is 2.49. The molecule has 3 heterocycles. The third-order valence-corrected chi connectivity index (χ3v) is 19.3. The molecule has 0 N–H and O–H groups in total. The average Bonchev–Trinajstić information content (AvgIpc) is 1.55. The van der Waals surface area contributed by atoms with Gasteiger partial charge in [-0.25, -0.2) is 13.7 Å². The van der Waals surface area contributed by atoms with Gasteiger partial charge < -0.3 is 0 Å². The topological polar surface area (TPSA) is 11.6 Å². The summed E-state index contributed by atoms with van der Waals surface area (Å²) in [4.78, 5) is 0. The Bertz CT molecular complexity index is 5490. The number of aryl methyl sites for hydroxylation is 9. The Balaban J connectivity index is 0.000000118. The monoisotopic (exact) mass is 1170 g/mol. The molecule has 3 aromatic heterocycles. The van der Waals surface area contributed by atoms with E-state index in [9.17, 15) is 0 Å². The van der Waals surface area contributed by atoms with Gasteiger partial charge in [0, 0.05) is 84.1 Å². The zero-order valence-corrected chi connectivity index (χ0v) is 52.1. The highest BCUT2D eigenvalue weighted by atomic mass is 14.9. The summed E-state index contributed by atoms with van der Waals surface area (Å²) in [5, 5.41) is 7.43. The second-order valence-electron chi connectivity index (χ2n) is 25.0. The standard InChI is InChI=1S/C31H26N.C30H24N.C26H24N/c1-20-8-10-22(11-9-20)23-14-15-27-24(18-23)12-13-25-19-29-28(30(25)27)16-17-32(3)31(29)26-7-5-4-6-21(26)2;1-20-8-6-7-11-25(20)30-28-19-24-13-12-23-18-22(21-9-4-3-5-10-21)14-15-26(23)29(24)27(28)16-17-31(30)2;1-16-9-12-21(17(2)13-16)26-23-14-20-11-10-19-7-5-6-8-22(19)25(20)24(23)18(3)15-27(26)4/h4-18H,19H2,1-3H3;3-18H,19H2,1-2H3;5-13,15H,14H2,1-4H3/q3*+1/i;;1D3,3D3. The Kier molecular flexibility index (Phi) is 12.5. The van der Waals surface area contributed by atoms with Crippen LogP contribution >= 0.6 is 0 Å². The first-order valence-corrected chi connectivity index (χ1v) is 31.4. The number of benzene rings is 11. The van der Waals surface area contributed by atoms with E-state index in [1.807, 2.05) is 42.8 Å². The van der Waals surface area contributed by atoms with E-state index in [4.69, 9.17) is 8.22 Å². The van der Waals surface area contributed by atoms with Gasteiger partial charge in [-0.3, -0.25) is 0 Å². The molecule has 3 heteroatoms. The zero-order chi connectivity index (χ0) is 66.5. The molecule has 0 bridgehead atoms. The van der Waals surface area contributed by atoms with Crippen molar-refractivity contribution < 1.29 is 21.9 Å². The molecule has 0 aliphatic heterocycles. The fourth-order valence-corrected chi connectivity index (χ4v) is 14.9. The molecule has 3 aliphatic rings. The third-order valence-electron chi connectivity index (χ3n) is 19.3. The molecule has 0 spiro atoms. The highest BCUT2D eigenvalue weighted by Gasteiger charge is 2.34. The van der Waals surface area contributed by atoms with Crippen LogP contribution in [0.15, 0.2) is 249 Å². The first kappa shape index (κ1) is 49.6. The van der Waals surface area contributed by atoms with Crippen LogP contribution in [0.25, 0.3) is 122 Å². The van der Waals surface area contributed by atoms with Gasteiger partial charge in [0.2, 0.25) is 17.1 Å². The average molecular weight is 1170 g/mol. The van der Waals surface area contributed by atoms with Gasteiger partial charge in [-0.1, -0.05) is 199 Å². The number of hydrogen-bond acceptors (Lipinski definition) is 0. The van der Waals surface area contributed by atoms with Crippen LogP contribution in [0.4, 0.5) is 0 Å². The second-order valence-corrected chi connectivity index (χ2v) is 25.0. The number of fused-ring (bicyclic) bond motifs is 15. The van der Waals surface area contributed by atoms with Crippen LogP contribution in [0, 0.1) is 41.4 Å². The largest absolute Gasteiger partial charge is 0.216 e. The van der Waals surface area contributed by atoms with Gasteiger partial charge in [0.1, 0.15) is 21.1 Å². The normalized spacial score (nSPS) is 13.4. The molecule has 0 radical (unpaired) electrons. The summed E-state index contributed by atoms with van der Waals surface area (Å²) in [5.41, 5.74) is 32.8. The molecule has 14 aromatic rings. The van der Waals surface area contributed by atoms with Crippen molar-refractivity contribution in [2.75, 3.05) is 0 Å². The molecule has 0 saturated carbocycles. The van der Waals surface area contributed by atoms with Crippen LogP contribution < -0.4 is 13.7 Å². The Morgan fingerprint density at radius 1 is 0.300 bits per heavy atom. The lowest BCUT2D eigenvalue weighted by molar-refractivity contribution is -0.661. The predicted octanol–water partition coefficient (Wildman–Crippen LogP) is 19.9. The first-order valence-electron chi connectivity index (χ1n) is 34.4. The Morgan fingerprint density at radius 2 is 0.767 bits per heavy atom. The molecule has 0 atom stereocenters. The minimum absolute atomic E-state index is 0.302. The Hall–Kier alpha value is -10.4. The van der Waals surface area contributed by atoms with E-state index in [2.05, 4.69) is 251 Å². The van der Waals surface area contributed by atoms with Crippen molar-refractivity contribution in [2.45, 2.75) is 60.7 Å². The summed E-state index contributed by atoms with van der Waals surface area (Å²) < 4.78 is 54.4. The summed E-state index contributed by atoms with van der Waals surface area (Å²) in [7, 11) is 6.19. The van der Waals surface area contributed by atoms with Crippen molar-refractivity contribution >= 4 is 32.3 Å². The molecule has 0 saturated heterocycles. The van der Waals surface area contributed by atoms with E-state index < -0.39 is 13.7 Å². The molecule has 434 valence electrons. The molecule has 3 nitrogen and oxygen atoms in total. The van der Waals surface area contributed by atoms with E-state index in [1.165, 1.54) is 128 Å². The van der Waals surface area contributed by atoms with E-state index in [0.717, 1.165) is 62.7 Å². The lowest BCUT2D eigenvalue weighted by Gasteiger charge is -2.13. The summed E-state index contributed by atoms with van der Waals surface area (Å²) in [6.07, 6.45) is 8.75. The van der Waals surface area contributed by atoms with Crippen molar-refractivity contribution in [3.8, 4) is 89.4 Å². The van der Waals surface area contributed by atoms with Gasteiger partial charge in [-0.15, -0.1) is 0 Å². The quantitative estimate of drug-likeness (QED) is 0.152. The Morgan fingerprint density at radius 3 is 1.33 bits per heavy atom. The second kappa shape index (κ2) is 22.7. The molecule has 3 aliphatic carbocycles.